The molecule has 1 aromatic heterocycles. The fourth-order valence-electron chi connectivity index (χ4n) is 8.30. The van der Waals surface area contributed by atoms with Gasteiger partial charge in [0, 0.05) is 81.2 Å². The van der Waals surface area contributed by atoms with Crippen molar-refractivity contribution >= 4 is 41.9 Å². The maximum Gasteiger partial charge on any atom is 0.496 e. The minimum absolute atomic E-state index is 0.0157. The number of hydrogen-bond donors (Lipinski definition) is 1. The monoisotopic (exact) mass is 749 g/mol. The van der Waals surface area contributed by atoms with Crippen LogP contribution in [0, 0.1) is 5.41 Å². The number of amides is 4. The number of alkyl halides is 2. The van der Waals surface area contributed by atoms with Gasteiger partial charge in [-0.3, -0.25) is 34.3 Å². The molecule has 1 spiro atoms. The average Bonchev–Trinajstić information content (AvgIpc) is 3.43. The number of anilines is 1. The number of halogens is 2. The summed E-state index contributed by atoms with van der Waals surface area (Å²) < 4.78 is 53.8. The Bertz CT molecular complexity index is 1820. The minimum atomic E-state index is -2.82. The number of fused-ring (bicyclic) bond motifs is 1. The first-order valence-corrected chi connectivity index (χ1v) is 18.8. The first kappa shape index (κ1) is 37.0. The molecule has 1 aromatic carbocycles. The van der Waals surface area contributed by atoms with Crippen molar-refractivity contribution < 1.29 is 46.7 Å². The van der Waals surface area contributed by atoms with E-state index in [1.54, 1.807) is 35.4 Å². The van der Waals surface area contributed by atoms with E-state index < -0.39 is 53.9 Å². The maximum atomic E-state index is 14.9. The fourth-order valence-corrected chi connectivity index (χ4v) is 8.30. The number of nitrogens with one attached hydrogen (secondary N) is 1. The fraction of sp³-hybridized carbons (Fsp3) is 0.605. The van der Waals surface area contributed by atoms with E-state index in [0.717, 1.165) is 16.1 Å². The maximum absolute atomic E-state index is 14.9. The van der Waals surface area contributed by atoms with Crippen LogP contribution < -0.4 is 20.4 Å². The van der Waals surface area contributed by atoms with E-state index in [0.29, 0.717) is 44.9 Å². The predicted molar refractivity (Wildman–Crippen MR) is 192 cm³/mol. The van der Waals surface area contributed by atoms with E-state index in [1.807, 2.05) is 33.8 Å². The van der Waals surface area contributed by atoms with Crippen LogP contribution in [0.5, 0.6) is 5.88 Å². The van der Waals surface area contributed by atoms with Gasteiger partial charge in [-0.25, -0.2) is 13.8 Å². The van der Waals surface area contributed by atoms with E-state index in [1.165, 1.54) is 0 Å². The van der Waals surface area contributed by atoms with Crippen LogP contribution in [-0.4, -0.2) is 120 Å². The highest BCUT2D eigenvalue weighted by Crippen LogP contribution is 2.44. The summed E-state index contributed by atoms with van der Waals surface area (Å²) in [5.41, 5.74) is 1.11. The second-order valence-electron chi connectivity index (χ2n) is 16.9. The number of nitrogens with zero attached hydrogens (tertiary/aromatic N) is 4. The number of aromatic nitrogens is 1. The topological polar surface area (TPSA) is 140 Å². The molecule has 1 aliphatic carbocycles. The van der Waals surface area contributed by atoms with Crippen LogP contribution >= 0.6 is 0 Å². The van der Waals surface area contributed by atoms with E-state index in [-0.39, 0.29) is 67.6 Å². The predicted octanol–water partition coefficient (Wildman–Crippen LogP) is 2.95. The van der Waals surface area contributed by atoms with Crippen molar-refractivity contribution in [3.05, 3.63) is 47.7 Å². The van der Waals surface area contributed by atoms with Gasteiger partial charge >= 0.3 is 7.12 Å². The van der Waals surface area contributed by atoms with Crippen molar-refractivity contribution in [2.24, 2.45) is 5.41 Å². The Labute approximate surface area is 313 Å². The standard InChI is InChI=1S/C38H46BF2N5O8/c1-35(2)36(3,4)54-39(53-35)23-6-11-31(42-17-23)52-26-15-25(16-26)51-13-5-12-38(40,41)22-44-18-37(19-44)20-45(21-37)24-7-8-27-28(14-24)34(50)46(33(27)49)29-9-10-30(47)43-32(29)48/h6-8,11,14,17,25-26,29H,5,9-10,12-13,15-16,18-22H2,1-4H3,(H,43,47,48)/t25-,26-,29?. The SMILES string of the molecule is CC1(C)OB(c2ccc(O[C@H]3C[C@H](OCCCC(F)(F)CN4CC5(C4)CN(c4ccc6c(c4)C(=O)N(C4CCC(=O)NC4=O)C6=O)C5)C3)nc2)OC1(C)C. The number of ether oxygens (including phenoxy) is 2. The third-order valence-electron chi connectivity index (χ3n) is 12.1. The molecular weight excluding hydrogens is 703 g/mol. The number of imide groups is 2. The van der Waals surface area contributed by atoms with Gasteiger partial charge in [0.15, 0.2) is 0 Å². The summed E-state index contributed by atoms with van der Waals surface area (Å²) in [5, 5.41) is 2.20. The van der Waals surface area contributed by atoms with Crippen LogP contribution in [0.4, 0.5) is 14.5 Å². The highest BCUT2D eigenvalue weighted by Gasteiger charge is 2.54. The van der Waals surface area contributed by atoms with Gasteiger partial charge in [0.1, 0.15) is 12.1 Å². The highest BCUT2D eigenvalue weighted by atomic mass is 19.3. The number of carbonyl (C=O) groups is 4. The van der Waals surface area contributed by atoms with Gasteiger partial charge in [-0.15, -0.1) is 0 Å². The van der Waals surface area contributed by atoms with Crippen molar-refractivity contribution in [2.45, 2.75) is 102 Å². The summed E-state index contributed by atoms with van der Waals surface area (Å²) in [6.45, 7) is 10.5. The van der Waals surface area contributed by atoms with E-state index >= 15 is 0 Å². The number of piperidine rings is 1. The molecular formula is C38H46BF2N5O8. The Kier molecular flexibility index (Phi) is 9.14. The molecule has 2 aromatic rings. The summed E-state index contributed by atoms with van der Waals surface area (Å²) in [6.07, 6.45) is 3.21. The molecule has 1 unspecified atom stereocenters. The smallest absolute Gasteiger partial charge is 0.474 e. The molecule has 16 heteroatoms. The molecule has 4 amide bonds. The molecule has 6 heterocycles. The molecule has 1 saturated carbocycles. The number of likely N-dealkylation sites (tertiary alicyclic amines) is 1. The van der Waals surface area contributed by atoms with Crippen LogP contribution in [0.2, 0.25) is 0 Å². The molecule has 5 aliphatic heterocycles. The normalized spacial score (nSPS) is 27.1. The lowest BCUT2D eigenvalue weighted by Crippen LogP contribution is -2.73. The van der Waals surface area contributed by atoms with Gasteiger partial charge in [0.25, 0.3) is 17.7 Å². The van der Waals surface area contributed by atoms with Crippen molar-refractivity contribution in [1.82, 2.24) is 20.1 Å². The molecule has 4 saturated heterocycles. The summed E-state index contributed by atoms with van der Waals surface area (Å²) in [7, 11) is -0.487. The molecule has 54 heavy (non-hydrogen) atoms. The quantitative estimate of drug-likeness (QED) is 0.195. The summed E-state index contributed by atoms with van der Waals surface area (Å²) >= 11 is 0. The molecule has 1 atom stereocenters. The molecule has 0 bridgehead atoms. The van der Waals surface area contributed by atoms with Crippen LogP contribution in [0.25, 0.3) is 0 Å². The van der Waals surface area contributed by atoms with Crippen molar-refractivity contribution in [1.29, 1.82) is 0 Å². The molecule has 13 nitrogen and oxygen atoms in total. The van der Waals surface area contributed by atoms with Gasteiger partial charge < -0.3 is 23.7 Å². The Morgan fingerprint density at radius 1 is 0.944 bits per heavy atom. The van der Waals surface area contributed by atoms with Crippen LogP contribution in [0.1, 0.15) is 86.9 Å². The molecule has 0 radical (unpaired) electrons. The third kappa shape index (κ3) is 6.90. The Morgan fingerprint density at radius 2 is 1.65 bits per heavy atom. The number of carbonyl (C=O) groups excluding carboxylic acids is 4. The van der Waals surface area contributed by atoms with E-state index in [2.05, 4.69) is 15.2 Å². The number of hydrogen-bond acceptors (Lipinski definition) is 11. The zero-order valence-electron chi connectivity index (χ0n) is 31.1. The number of benzene rings is 1. The minimum Gasteiger partial charge on any atom is -0.474 e. The van der Waals surface area contributed by atoms with Gasteiger partial charge in [-0.05, 0) is 64.8 Å². The van der Waals surface area contributed by atoms with E-state index in [9.17, 15) is 28.0 Å². The zero-order valence-corrected chi connectivity index (χ0v) is 31.1. The van der Waals surface area contributed by atoms with Crippen molar-refractivity contribution in [3.63, 3.8) is 0 Å². The lowest BCUT2D eigenvalue weighted by Gasteiger charge is -2.61. The largest absolute Gasteiger partial charge is 0.496 e. The van der Waals surface area contributed by atoms with Crippen LogP contribution in [0.3, 0.4) is 0 Å². The van der Waals surface area contributed by atoms with Crippen LogP contribution in [0.15, 0.2) is 36.5 Å². The lowest BCUT2D eigenvalue weighted by molar-refractivity contribution is -0.136. The van der Waals surface area contributed by atoms with Crippen molar-refractivity contribution in [2.75, 3.05) is 44.2 Å². The van der Waals surface area contributed by atoms with Crippen LogP contribution in [-0.2, 0) is 23.6 Å². The van der Waals surface area contributed by atoms with Gasteiger partial charge in [0.05, 0.1) is 35.0 Å². The van der Waals surface area contributed by atoms with Gasteiger partial charge in [0.2, 0.25) is 17.7 Å². The average molecular weight is 750 g/mol. The first-order valence-electron chi connectivity index (χ1n) is 18.8. The lowest BCUT2D eigenvalue weighted by atomic mass is 9.72. The zero-order chi connectivity index (χ0) is 38.2. The summed E-state index contributed by atoms with van der Waals surface area (Å²) in [5.74, 6) is -4.48. The summed E-state index contributed by atoms with van der Waals surface area (Å²) in [6, 6.07) is 7.71. The Balaban J connectivity index is 0.715. The van der Waals surface area contributed by atoms with Crippen molar-refractivity contribution in [3.8, 4) is 5.88 Å². The second kappa shape index (κ2) is 13.3. The number of pyridine rings is 1. The first-order chi connectivity index (χ1) is 25.5. The Hall–Kier alpha value is -3.99. The second-order valence-corrected chi connectivity index (χ2v) is 16.9. The number of rotatable bonds is 12. The molecule has 6 aliphatic rings. The molecule has 5 fully saturated rings. The Morgan fingerprint density at radius 3 is 2.31 bits per heavy atom. The highest BCUT2D eigenvalue weighted by molar-refractivity contribution is 6.62. The summed E-state index contributed by atoms with van der Waals surface area (Å²) in [4.78, 5) is 59.3. The van der Waals surface area contributed by atoms with Gasteiger partial charge in [-0.1, -0.05) is 6.07 Å². The molecule has 1 N–H and O–H groups in total. The van der Waals surface area contributed by atoms with E-state index in [4.69, 9.17) is 18.8 Å². The molecule has 288 valence electrons. The third-order valence-corrected chi connectivity index (χ3v) is 12.1. The van der Waals surface area contributed by atoms with Gasteiger partial charge in [-0.2, -0.15) is 0 Å². The molecule has 8 rings (SSSR count).